The fourth-order valence-electron chi connectivity index (χ4n) is 1.56. The van der Waals surface area contributed by atoms with Crippen molar-refractivity contribution >= 4 is 17.7 Å². The van der Waals surface area contributed by atoms with E-state index in [1.807, 2.05) is 26.8 Å². The number of carbonyl (C=O) groups is 1. The van der Waals surface area contributed by atoms with Gasteiger partial charge in [0.25, 0.3) is 0 Å². The minimum Gasteiger partial charge on any atom is -0.465 e. The monoisotopic (exact) mass is 278 g/mol. The van der Waals surface area contributed by atoms with Gasteiger partial charge in [0.1, 0.15) is 16.3 Å². The Kier molecular flexibility index (Phi) is 5.84. The Hall–Kier alpha value is -1.54. The lowest BCUT2D eigenvalue weighted by Gasteiger charge is -2.12. The van der Waals surface area contributed by atoms with Crippen LogP contribution in [-0.2, 0) is 9.53 Å². The third-order valence-electron chi connectivity index (χ3n) is 2.49. The van der Waals surface area contributed by atoms with Crippen LogP contribution in [0.1, 0.15) is 37.1 Å². The van der Waals surface area contributed by atoms with Gasteiger partial charge < -0.3 is 4.74 Å². The number of carbonyl (C=O) groups excluding carboxylic acids is 1. The lowest BCUT2D eigenvalue weighted by molar-refractivity contribution is -0.142. The van der Waals surface area contributed by atoms with Gasteiger partial charge in [0.05, 0.1) is 12.2 Å². The molecule has 0 aromatic carbocycles. The third kappa shape index (κ3) is 4.25. The molecule has 0 saturated carbocycles. The number of ether oxygens (including phenoxy) is 1. The Balaban J connectivity index is 2.87. The number of hydrogen-bond acceptors (Lipinski definition) is 5. The van der Waals surface area contributed by atoms with Crippen LogP contribution in [0.25, 0.3) is 0 Å². The first-order valence-corrected chi connectivity index (χ1v) is 7.09. The summed E-state index contributed by atoms with van der Waals surface area (Å²) in [6.07, 6.45) is 0.800. The molecule has 0 bridgehead atoms. The van der Waals surface area contributed by atoms with Crippen molar-refractivity contribution in [3.8, 4) is 6.07 Å². The highest BCUT2D eigenvalue weighted by molar-refractivity contribution is 8.00. The highest BCUT2D eigenvalue weighted by Gasteiger charge is 2.19. The van der Waals surface area contributed by atoms with Crippen LogP contribution in [0.5, 0.6) is 0 Å². The van der Waals surface area contributed by atoms with E-state index in [-0.39, 0.29) is 11.2 Å². The third-order valence-corrected chi connectivity index (χ3v) is 3.56. The number of nitrogens with zero attached hydrogens (tertiary/aromatic N) is 2. The van der Waals surface area contributed by atoms with E-state index in [0.29, 0.717) is 17.2 Å². The van der Waals surface area contributed by atoms with Gasteiger partial charge in [-0.3, -0.25) is 4.79 Å². The molecule has 19 heavy (non-hydrogen) atoms. The molecule has 0 aliphatic rings. The highest BCUT2D eigenvalue weighted by atomic mass is 32.2. The van der Waals surface area contributed by atoms with Gasteiger partial charge in [-0.05, 0) is 38.8 Å². The summed E-state index contributed by atoms with van der Waals surface area (Å²) in [6.45, 7) is 7.89. The fourth-order valence-corrected chi connectivity index (χ4v) is 2.58. The normalized spacial score (nSPS) is 11.7. The molecule has 0 amide bonds. The maximum Gasteiger partial charge on any atom is 0.319 e. The van der Waals surface area contributed by atoms with Crippen LogP contribution in [0, 0.1) is 25.2 Å². The maximum absolute atomic E-state index is 11.7. The van der Waals surface area contributed by atoms with E-state index in [4.69, 9.17) is 10.00 Å². The first-order chi connectivity index (χ1) is 8.99. The van der Waals surface area contributed by atoms with Gasteiger partial charge in [0.2, 0.25) is 0 Å². The van der Waals surface area contributed by atoms with E-state index in [0.717, 1.165) is 17.7 Å². The smallest absolute Gasteiger partial charge is 0.319 e. The standard InChI is InChI=1S/C14H18N2O2S/c1-5-6-18-14(17)11(4)19-13-12(8-15)9(2)7-10(3)16-13/h7,11H,5-6H2,1-4H3. The maximum atomic E-state index is 11.7. The van der Waals surface area contributed by atoms with E-state index in [9.17, 15) is 4.79 Å². The first-order valence-electron chi connectivity index (χ1n) is 6.21. The summed E-state index contributed by atoms with van der Waals surface area (Å²) in [5.74, 6) is -0.267. The van der Waals surface area contributed by atoms with E-state index in [1.165, 1.54) is 11.8 Å². The molecule has 4 nitrogen and oxygen atoms in total. The molecular weight excluding hydrogens is 260 g/mol. The number of aryl methyl sites for hydroxylation is 2. The molecule has 1 rings (SSSR count). The van der Waals surface area contributed by atoms with Crippen molar-refractivity contribution in [1.82, 2.24) is 4.98 Å². The van der Waals surface area contributed by atoms with Crippen molar-refractivity contribution in [2.24, 2.45) is 0 Å². The van der Waals surface area contributed by atoms with E-state index in [1.54, 1.807) is 6.92 Å². The van der Waals surface area contributed by atoms with Gasteiger partial charge >= 0.3 is 5.97 Å². The minimum absolute atomic E-state index is 0.267. The van der Waals surface area contributed by atoms with E-state index < -0.39 is 0 Å². The summed E-state index contributed by atoms with van der Waals surface area (Å²) >= 11 is 1.27. The molecule has 1 aromatic heterocycles. The minimum atomic E-state index is -0.368. The molecule has 0 aliphatic heterocycles. The average molecular weight is 278 g/mol. The summed E-state index contributed by atoms with van der Waals surface area (Å²) < 4.78 is 5.09. The van der Waals surface area contributed by atoms with Crippen molar-refractivity contribution < 1.29 is 9.53 Å². The summed E-state index contributed by atoms with van der Waals surface area (Å²) in [5, 5.41) is 9.39. The van der Waals surface area contributed by atoms with Crippen LogP contribution in [0.3, 0.4) is 0 Å². The van der Waals surface area contributed by atoms with E-state index in [2.05, 4.69) is 11.1 Å². The molecule has 1 atom stereocenters. The number of pyridine rings is 1. The van der Waals surface area contributed by atoms with Crippen molar-refractivity contribution in [1.29, 1.82) is 5.26 Å². The second-order valence-corrected chi connectivity index (χ2v) is 5.63. The molecule has 0 fully saturated rings. The van der Waals surface area contributed by atoms with Crippen LogP contribution < -0.4 is 0 Å². The largest absolute Gasteiger partial charge is 0.465 e. The molecule has 1 heterocycles. The number of aromatic nitrogens is 1. The zero-order chi connectivity index (χ0) is 14.4. The zero-order valence-corrected chi connectivity index (χ0v) is 12.5. The van der Waals surface area contributed by atoms with Crippen molar-refractivity contribution in [2.75, 3.05) is 6.61 Å². The van der Waals surface area contributed by atoms with Crippen molar-refractivity contribution in [2.45, 2.75) is 44.4 Å². The molecule has 0 N–H and O–H groups in total. The van der Waals surface area contributed by atoms with Gasteiger partial charge in [0.15, 0.2) is 0 Å². The van der Waals surface area contributed by atoms with Crippen LogP contribution in [-0.4, -0.2) is 22.8 Å². The molecule has 102 valence electrons. The van der Waals surface area contributed by atoms with Gasteiger partial charge in [-0.1, -0.05) is 18.7 Å². The Morgan fingerprint density at radius 2 is 2.26 bits per heavy atom. The number of hydrogen-bond donors (Lipinski definition) is 0. The Morgan fingerprint density at radius 1 is 1.58 bits per heavy atom. The SMILES string of the molecule is CCCOC(=O)C(C)Sc1nc(C)cc(C)c1C#N. The molecule has 0 spiro atoms. The predicted octanol–water partition coefficient (Wildman–Crippen LogP) is 3.00. The summed E-state index contributed by atoms with van der Waals surface area (Å²) in [7, 11) is 0. The Bertz CT molecular complexity index is 509. The van der Waals surface area contributed by atoms with Crippen LogP contribution in [0.2, 0.25) is 0 Å². The van der Waals surface area contributed by atoms with Gasteiger partial charge in [-0.15, -0.1) is 0 Å². The lowest BCUT2D eigenvalue weighted by Crippen LogP contribution is -2.17. The number of rotatable bonds is 5. The number of esters is 1. The summed E-state index contributed by atoms with van der Waals surface area (Å²) in [4.78, 5) is 16.1. The second kappa shape index (κ2) is 7.15. The second-order valence-electron chi connectivity index (χ2n) is 4.30. The molecular formula is C14H18N2O2S. The molecule has 0 aliphatic carbocycles. The molecule has 0 saturated heterocycles. The first kappa shape index (κ1) is 15.5. The summed E-state index contributed by atoms with van der Waals surface area (Å²) in [5.41, 5.74) is 2.26. The molecule has 0 radical (unpaired) electrons. The van der Waals surface area contributed by atoms with Crippen LogP contribution in [0.15, 0.2) is 11.1 Å². The molecule has 1 unspecified atom stereocenters. The molecule has 1 aromatic rings. The van der Waals surface area contributed by atoms with Gasteiger partial charge in [-0.25, -0.2) is 4.98 Å². The Morgan fingerprint density at radius 3 is 2.84 bits per heavy atom. The molecule has 5 heteroatoms. The highest BCUT2D eigenvalue weighted by Crippen LogP contribution is 2.27. The zero-order valence-electron chi connectivity index (χ0n) is 11.7. The van der Waals surface area contributed by atoms with Crippen molar-refractivity contribution in [3.63, 3.8) is 0 Å². The fraction of sp³-hybridized carbons (Fsp3) is 0.500. The average Bonchev–Trinajstić information content (AvgIpc) is 2.35. The summed E-state index contributed by atoms with van der Waals surface area (Å²) in [6, 6.07) is 4.01. The van der Waals surface area contributed by atoms with E-state index >= 15 is 0 Å². The predicted molar refractivity (Wildman–Crippen MR) is 75.0 cm³/mol. The van der Waals surface area contributed by atoms with Gasteiger partial charge in [-0.2, -0.15) is 5.26 Å². The Labute approximate surface area is 118 Å². The van der Waals surface area contributed by atoms with Gasteiger partial charge in [0, 0.05) is 5.69 Å². The van der Waals surface area contributed by atoms with Crippen LogP contribution in [0.4, 0.5) is 0 Å². The quantitative estimate of drug-likeness (QED) is 0.612. The number of thioether (sulfide) groups is 1. The van der Waals surface area contributed by atoms with Crippen LogP contribution >= 0.6 is 11.8 Å². The topological polar surface area (TPSA) is 63.0 Å². The lowest BCUT2D eigenvalue weighted by atomic mass is 10.1. The van der Waals surface area contributed by atoms with Crippen molar-refractivity contribution in [3.05, 3.63) is 22.9 Å². The number of nitriles is 1.